The summed E-state index contributed by atoms with van der Waals surface area (Å²) in [6.45, 7) is 4.31. The van der Waals surface area contributed by atoms with E-state index in [9.17, 15) is 19.2 Å². The summed E-state index contributed by atoms with van der Waals surface area (Å²) in [5.74, 6) is -4.04. The molecule has 0 spiro atoms. The SMILES string of the molecule is CC(C)C[C@H](N)C(=O)O.NC(N)=NCCC[C@H](N)C(=O)O.N[C@@H](CC(=O)O)C(=O)O. The lowest BCUT2D eigenvalue weighted by molar-refractivity contribution is -0.144. The van der Waals surface area contributed by atoms with Crippen molar-refractivity contribution < 1.29 is 39.6 Å². The second-order valence-electron chi connectivity index (χ2n) is 6.51. The standard InChI is InChI=1S/C6H14N4O2.C6H13NO2.C4H7NO4/c7-4(5(11)12)2-1-3-10-6(8)9;1-4(2)3-5(7)6(8)9;5-2(4(8)9)1-3(6)7/h4H,1-3,7H2,(H,11,12)(H4,8,9,10);4-5H,3,7H2,1-2H3,(H,8,9);2H,1,5H2,(H,6,7)(H,8,9)/t4-;5-;2-/m000/s1. The highest BCUT2D eigenvalue weighted by atomic mass is 16.4. The highest BCUT2D eigenvalue weighted by molar-refractivity contribution is 5.80. The summed E-state index contributed by atoms with van der Waals surface area (Å²) in [7, 11) is 0. The van der Waals surface area contributed by atoms with Gasteiger partial charge in [0.25, 0.3) is 0 Å². The molecule has 0 bridgehead atoms. The zero-order valence-corrected chi connectivity index (χ0v) is 17.1. The van der Waals surface area contributed by atoms with E-state index in [0.29, 0.717) is 31.7 Å². The van der Waals surface area contributed by atoms with Crippen LogP contribution in [0.5, 0.6) is 0 Å². The van der Waals surface area contributed by atoms with Crippen molar-refractivity contribution in [3.63, 3.8) is 0 Å². The normalized spacial score (nSPS) is 12.7. The number of aliphatic carboxylic acids is 4. The molecule has 0 saturated carbocycles. The van der Waals surface area contributed by atoms with E-state index in [1.54, 1.807) is 0 Å². The molecule has 0 aromatic carbocycles. The molecule has 0 aliphatic heterocycles. The smallest absolute Gasteiger partial charge is 0.321 e. The molecule has 0 fully saturated rings. The predicted octanol–water partition coefficient (Wildman–Crippen LogP) is -2.23. The molecule has 0 unspecified atom stereocenters. The summed E-state index contributed by atoms with van der Waals surface area (Å²) in [6, 6.07) is -2.80. The molecule has 0 radical (unpaired) electrons. The van der Waals surface area contributed by atoms with Gasteiger partial charge in [-0.25, -0.2) is 0 Å². The first kappa shape index (κ1) is 31.7. The molecule has 14 N–H and O–H groups in total. The van der Waals surface area contributed by atoms with Gasteiger partial charge in [-0.2, -0.15) is 0 Å². The Bertz CT molecular complexity index is 566. The Labute approximate surface area is 174 Å². The van der Waals surface area contributed by atoms with Crippen molar-refractivity contribution in [2.24, 2.45) is 39.6 Å². The molecule has 30 heavy (non-hydrogen) atoms. The number of hydrogen-bond donors (Lipinski definition) is 9. The minimum Gasteiger partial charge on any atom is -0.481 e. The molecule has 0 aliphatic rings. The number of nitrogens with two attached hydrogens (primary N) is 5. The van der Waals surface area contributed by atoms with Crippen molar-refractivity contribution in [1.29, 1.82) is 0 Å². The van der Waals surface area contributed by atoms with Crippen LogP contribution in [0.25, 0.3) is 0 Å². The first-order valence-electron chi connectivity index (χ1n) is 8.84. The molecule has 176 valence electrons. The van der Waals surface area contributed by atoms with Crippen LogP contribution in [0.15, 0.2) is 4.99 Å². The van der Waals surface area contributed by atoms with E-state index in [4.69, 9.17) is 49.1 Å². The molecule has 0 amide bonds. The van der Waals surface area contributed by atoms with Crippen molar-refractivity contribution >= 4 is 29.8 Å². The number of carboxylic acids is 4. The average Bonchev–Trinajstić information content (AvgIpc) is 2.58. The fraction of sp³-hybridized carbons (Fsp3) is 0.688. The first-order chi connectivity index (χ1) is 13.6. The Morgan fingerprint density at radius 3 is 1.47 bits per heavy atom. The summed E-state index contributed by atoms with van der Waals surface area (Å²) in [5, 5.41) is 32.7. The van der Waals surface area contributed by atoms with Crippen LogP contribution in [0.1, 0.15) is 39.5 Å². The van der Waals surface area contributed by atoms with Gasteiger partial charge in [-0.3, -0.25) is 24.2 Å². The molecule has 14 nitrogen and oxygen atoms in total. The van der Waals surface area contributed by atoms with Crippen molar-refractivity contribution in [3.05, 3.63) is 0 Å². The van der Waals surface area contributed by atoms with Gasteiger partial charge in [0.05, 0.1) is 6.42 Å². The molecular weight excluding hydrogens is 404 g/mol. The summed E-state index contributed by atoms with van der Waals surface area (Å²) in [6.07, 6.45) is 0.974. The number of carbonyl (C=O) groups is 4. The summed E-state index contributed by atoms with van der Waals surface area (Å²) >= 11 is 0. The molecule has 0 aromatic rings. The molecule has 14 heteroatoms. The van der Waals surface area contributed by atoms with E-state index >= 15 is 0 Å². The lowest BCUT2D eigenvalue weighted by atomic mass is 10.1. The van der Waals surface area contributed by atoms with Gasteiger partial charge in [-0.15, -0.1) is 0 Å². The second-order valence-corrected chi connectivity index (χ2v) is 6.51. The molecule has 3 atom stereocenters. The van der Waals surface area contributed by atoms with Crippen LogP contribution in [-0.2, 0) is 19.2 Å². The van der Waals surface area contributed by atoms with Crippen LogP contribution in [0, 0.1) is 5.92 Å². The molecule has 0 rings (SSSR count). The fourth-order valence-electron chi connectivity index (χ4n) is 1.53. The predicted molar refractivity (Wildman–Crippen MR) is 108 cm³/mol. The van der Waals surface area contributed by atoms with Gasteiger partial charge in [0, 0.05) is 6.54 Å². The minimum atomic E-state index is -1.29. The number of aliphatic imine (C=N–C) groups is 1. The Balaban J connectivity index is -0.000000371. The van der Waals surface area contributed by atoms with E-state index < -0.39 is 48.4 Å². The number of nitrogens with zero attached hydrogens (tertiary/aromatic N) is 1. The average molecular weight is 438 g/mol. The summed E-state index contributed by atoms with van der Waals surface area (Å²) in [5.41, 5.74) is 25.4. The number of carboxylic acid groups (broad SMARTS) is 4. The van der Waals surface area contributed by atoms with Gasteiger partial charge >= 0.3 is 23.9 Å². The Kier molecular flexibility index (Phi) is 19.1. The lowest BCUT2D eigenvalue weighted by Crippen LogP contribution is -2.32. The lowest BCUT2D eigenvalue weighted by Gasteiger charge is -2.07. The van der Waals surface area contributed by atoms with E-state index in [-0.39, 0.29) is 5.96 Å². The first-order valence-corrected chi connectivity index (χ1v) is 8.84. The maximum absolute atomic E-state index is 10.2. The molecule has 0 aromatic heterocycles. The third-order valence-electron chi connectivity index (χ3n) is 3.04. The van der Waals surface area contributed by atoms with Crippen LogP contribution in [0.3, 0.4) is 0 Å². The summed E-state index contributed by atoms with van der Waals surface area (Å²) < 4.78 is 0. The van der Waals surface area contributed by atoms with E-state index in [0.717, 1.165) is 0 Å². The highest BCUT2D eigenvalue weighted by Gasteiger charge is 2.14. The molecule has 0 heterocycles. The molecule has 0 saturated heterocycles. The Morgan fingerprint density at radius 2 is 1.23 bits per heavy atom. The maximum Gasteiger partial charge on any atom is 0.321 e. The second kappa shape index (κ2) is 18.1. The van der Waals surface area contributed by atoms with Gasteiger partial charge in [0.15, 0.2) is 5.96 Å². The number of guanidine groups is 1. The molecule has 0 aliphatic carbocycles. The van der Waals surface area contributed by atoms with Gasteiger partial charge in [0.1, 0.15) is 18.1 Å². The monoisotopic (exact) mass is 438 g/mol. The zero-order chi connectivity index (χ0) is 24.4. The summed E-state index contributed by atoms with van der Waals surface area (Å²) in [4.78, 5) is 43.6. The van der Waals surface area contributed by atoms with Crippen molar-refractivity contribution in [2.75, 3.05) is 6.54 Å². The Hall–Kier alpha value is -2.97. The highest BCUT2D eigenvalue weighted by Crippen LogP contribution is 2.01. The van der Waals surface area contributed by atoms with E-state index in [2.05, 4.69) is 4.99 Å². The van der Waals surface area contributed by atoms with Crippen LogP contribution < -0.4 is 28.7 Å². The van der Waals surface area contributed by atoms with Gasteiger partial charge in [-0.1, -0.05) is 13.8 Å². The van der Waals surface area contributed by atoms with Gasteiger partial charge in [0.2, 0.25) is 0 Å². The van der Waals surface area contributed by atoms with E-state index in [1.807, 2.05) is 13.8 Å². The zero-order valence-electron chi connectivity index (χ0n) is 17.1. The maximum atomic E-state index is 10.2. The third-order valence-corrected chi connectivity index (χ3v) is 3.04. The quantitative estimate of drug-likeness (QED) is 0.0937. The van der Waals surface area contributed by atoms with Crippen molar-refractivity contribution in [2.45, 2.75) is 57.7 Å². The Morgan fingerprint density at radius 1 is 0.800 bits per heavy atom. The topological polar surface area (TPSA) is 292 Å². The minimum absolute atomic E-state index is 0.0129. The van der Waals surface area contributed by atoms with Crippen LogP contribution in [-0.4, -0.2) is 74.9 Å². The van der Waals surface area contributed by atoms with Crippen LogP contribution >= 0.6 is 0 Å². The number of rotatable bonds is 11. The molecular formula is C16H34N6O8. The third kappa shape index (κ3) is 25.0. The van der Waals surface area contributed by atoms with Gasteiger partial charge < -0.3 is 49.1 Å². The van der Waals surface area contributed by atoms with Crippen LogP contribution in [0.2, 0.25) is 0 Å². The fourth-order valence-corrected chi connectivity index (χ4v) is 1.53. The van der Waals surface area contributed by atoms with Crippen molar-refractivity contribution in [1.82, 2.24) is 0 Å². The number of hydrogen-bond acceptors (Lipinski definition) is 8. The van der Waals surface area contributed by atoms with Gasteiger partial charge in [-0.05, 0) is 25.2 Å². The van der Waals surface area contributed by atoms with E-state index in [1.165, 1.54) is 0 Å². The largest absolute Gasteiger partial charge is 0.481 e. The van der Waals surface area contributed by atoms with Crippen LogP contribution in [0.4, 0.5) is 0 Å². The van der Waals surface area contributed by atoms with Crippen molar-refractivity contribution in [3.8, 4) is 0 Å².